The van der Waals surface area contributed by atoms with Gasteiger partial charge in [-0.15, -0.1) is 24.0 Å². The number of rotatable bonds is 6. The molecule has 1 aromatic heterocycles. The number of anilines is 2. The molecule has 1 aliphatic rings. The van der Waals surface area contributed by atoms with Crippen LogP contribution in [0.1, 0.15) is 12.5 Å². The number of aromatic nitrogens is 1. The van der Waals surface area contributed by atoms with E-state index in [4.69, 9.17) is 9.73 Å². The van der Waals surface area contributed by atoms with Gasteiger partial charge in [0, 0.05) is 58.6 Å². The first-order valence-electron chi connectivity index (χ1n) is 10.2. The van der Waals surface area contributed by atoms with Crippen molar-refractivity contribution in [3.63, 3.8) is 0 Å². The van der Waals surface area contributed by atoms with E-state index in [1.165, 1.54) is 0 Å². The maximum atomic E-state index is 5.53. The number of nitrogens with zero attached hydrogens (tertiary/aromatic N) is 5. The third kappa shape index (κ3) is 5.90. The van der Waals surface area contributed by atoms with Crippen LogP contribution in [0.25, 0.3) is 0 Å². The van der Waals surface area contributed by atoms with Crippen molar-refractivity contribution in [2.45, 2.75) is 13.5 Å². The lowest BCUT2D eigenvalue weighted by atomic mass is 10.2. The van der Waals surface area contributed by atoms with Crippen LogP contribution in [0.5, 0.6) is 5.75 Å². The summed E-state index contributed by atoms with van der Waals surface area (Å²) in [6, 6.07) is 12.3. The van der Waals surface area contributed by atoms with Crippen LogP contribution < -0.4 is 19.9 Å². The van der Waals surface area contributed by atoms with Gasteiger partial charge in [0.1, 0.15) is 11.6 Å². The van der Waals surface area contributed by atoms with Gasteiger partial charge in [-0.1, -0.05) is 18.2 Å². The number of para-hydroxylation sites is 2. The summed E-state index contributed by atoms with van der Waals surface area (Å²) in [5.74, 6) is 2.85. The van der Waals surface area contributed by atoms with Crippen LogP contribution in [0.15, 0.2) is 47.6 Å². The fourth-order valence-electron chi connectivity index (χ4n) is 3.59. The molecular formula is C22H33IN6O. The minimum absolute atomic E-state index is 0. The SMILES string of the molecule is CCNC(=NCc1cccnc1N(C)C)N1CCN(c2ccccc2OC)CC1.I. The van der Waals surface area contributed by atoms with Gasteiger partial charge in [-0.05, 0) is 25.1 Å². The Labute approximate surface area is 197 Å². The highest BCUT2D eigenvalue weighted by Gasteiger charge is 2.21. The Morgan fingerprint density at radius 2 is 1.87 bits per heavy atom. The monoisotopic (exact) mass is 524 g/mol. The van der Waals surface area contributed by atoms with E-state index in [-0.39, 0.29) is 24.0 Å². The van der Waals surface area contributed by atoms with E-state index in [2.05, 4.69) is 45.2 Å². The van der Waals surface area contributed by atoms with Crippen LogP contribution in [-0.2, 0) is 6.54 Å². The van der Waals surface area contributed by atoms with Gasteiger partial charge in [0.25, 0.3) is 0 Å². The van der Waals surface area contributed by atoms with Crippen molar-refractivity contribution in [3.8, 4) is 5.75 Å². The smallest absolute Gasteiger partial charge is 0.194 e. The van der Waals surface area contributed by atoms with E-state index >= 15 is 0 Å². The van der Waals surface area contributed by atoms with Crippen LogP contribution in [0.4, 0.5) is 11.5 Å². The van der Waals surface area contributed by atoms with Crippen LogP contribution in [0.2, 0.25) is 0 Å². The Hall–Kier alpha value is -2.23. The number of pyridine rings is 1. The lowest BCUT2D eigenvalue weighted by molar-refractivity contribution is 0.367. The third-order valence-electron chi connectivity index (χ3n) is 5.03. The zero-order valence-electron chi connectivity index (χ0n) is 18.3. The molecule has 1 saturated heterocycles. The number of halogens is 1. The lowest BCUT2D eigenvalue weighted by Gasteiger charge is -2.38. The number of guanidine groups is 1. The zero-order chi connectivity index (χ0) is 20.6. The molecule has 8 heteroatoms. The molecule has 0 bridgehead atoms. The third-order valence-corrected chi connectivity index (χ3v) is 5.03. The number of benzene rings is 1. The second-order valence-electron chi connectivity index (χ2n) is 7.20. The van der Waals surface area contributed by atoms with Crippen LogP contribution in [0.3, 0.4) is 0 Å². The summed E-state index contributed by atoms with van der Waals surface area (Å²) in [6.45, 7) is 7.25. The van der Waals surface area contributed by atoms with Gasteiger partial charge in [0.2, 0.25) is 0 Å². The zero-order valence-corrected chi connectivity index (χ0v) is 20.7. The maximum absolute atomic E-state index is 5.53. The summed E-state index contributed by atoms with van der Waals surface area (Å²) in [5.41, 5.74) is 2.28. The number of aliphatic imine (C=N–C) groups is 1. The molecule has 164 valence electrons. The number of hydrogen-bond acceptors (Lipinski definition) is 5. The molecule has 0 atom stereocenters. The van der Waals surface area contributed by atoms with Crippen molar-refractivity contribution in [2.75, 3.05) is 63.7 Å². The van der Waals surface area contributed by atoms with E-state index < -0.39 is 0 Å². The highest BCUT2D eigenvalue weighted by Crippen LogP contribution is 2.28. The van der Waals surface area contributed by atoms with Gasteiger partial charge < -0.3 is 24.8 Å². The van der Waals surface area contributed by atoms with E-state index in [1.54, 1.807) is 7.11 Å². The van der Waals surface area contributed by atoms with Crippen molar-refractivity contribution in [1.29, 1.82) is 0 Å². The Balaban J connectivity index is 0.00000320. The standard InChI is InChI=1S/C22H32N6O.HI/c1-5-23-22(25-17-18-9-8-12-24-21(18)26(2)3)28-15-13-27(14-16-28)19-10-6-7-11-20(19)29-4;/h6-12H,5,13-17H2,1-4H3,(H,23,25);1H. The highest BCUT2D eigenvalue weighted by molar-refractivity contribution is 14.0. The Morgan fingerprint density at radius 1 is 1.13 bits per heavy atom. The topological polar surface area (TPSA) is 56.2 Å². The van der Waals surface area contributed by atoms with E-state index in [9.17, 15) is 0 Å². The van der Waals surface area contributed by atoms with Gasteiger partial charge in [-0.2, -0.15) is 0 Å². The molecule has 0 spiro atoms. The van der Waals surface area contributed by atoms with Gasteiger partial charge in [-0.25, -0.2) is 9.98 Å². The van der Waals surface area contributed by atoms with Gasteiger partial charge >= 0.3 is 0 Å². The first kappa shape index (κ1) is 24.0. The molecule has 2 aromatic rings. The van der Waals surface area contributed by atoms with Crippen molar-refractivity contribution < 1.29 is 4.74 Å². The van der Waals surface area contributed by atoms with Gasteiger partial charge in [0.05, 0.1) is 19.3 Å². The van der Waals surface area contributed by atoms with Gasteiger partial charge in [0.15, 0.2) is 5.96 Å². The van der Waals surface area contributed by atoms with Crippen LogP contribution in [0, 0.1) is 0 Å². The first-order valence-corrected chi connectivity index (χ1v) is 10.2. The minimum atomic E-state index is 0. The quantitative estimate of drug-likeness (QED) is 0.356. The number of methoxy groups -OCH3 is 1. The van der Waals surface area contributed by atoms with E-state index in [0.29, 0.717) is 6.54 Å². The minimum Gasteiger partial charge on any atom is -0.495 e. The maximum Gasteiger partial charge on any atom is 0.194 e. The molecule has 0 radical (unpaired) electrons. The summed E-state index contributed by atoms with van der Waals surface area (Å²) in [6.07, 6.45) is 1.82. The molecule has 0 amide bonds. The fourth-order valence-corrected chi connectivity index (χ4v) is 3.59. The average Bonchev–Trinajstić information content (AvgIpc) is 2.77. The molecule has 0 unspecified atom stereocenters. The summed E-state index contributed by atoms with van der Waals surface area (Å²) < 4.78 is 5.53. The first-order chi connectivity index (χ1) is 14.1. The molecule has 0 saturated carbocycles. The van der Waals surface area contributed by atoms with Crippen LogP contribution >= 0.6 is 24.0 Å². The summed E-state index contributed by atoms with van der Waals surface area (Å²) >= 11 is 0. The highest BCUT2D eigenvalue weighted by atomic mass is 127. The summed E-state index contributed by atoms with van der Waals surface area (Å²) in [4.78, 5) is 16.1. The summed E-state index contributed by atoms with van der Waals surface area (Å²) in [5, 5.41) is 3.45. The lowest BCUT2D eigenvalue weighted by Crippen LogP contribution is -2.52. The summed E-state index contributed by atoms with van der Waals surface area (Å²) in [7, 11) is 5.75. The Kier molecular flexibility index (Phi) is 9.48. The second kappa shape index (κ2) is 11.8. The molecule has 7 nitrogen and oxygen atoms in total. The van der Waals surface area contributed by atoms with E-state index in [1.807, 2.05) is 43.4 Å². The van der Waals surface area contributed by atoms with Crippen molar-refractivity contribution in [1.82, 2.24) is 15.2 Å². The molecule has 1 aliphatic heterocycles. The molecular weight excluding hydrogens is 491 g/mol. The molecule has 1 fully saturated rings. The van der Waals surface area contributed by atoms with Crippen LogP contribution in [-0.4, -0.2) is 69.8 Å². The number of nitrogens with one attached hydrogen (secondary N) is 1. The Bertz CT molecular complexity index is 821. The molecule has 3 rings (SSSR count). The van der Waals surface area contributed by atoms with Gasteiger partial charge in [-0.3, -0.25) is 0 Å². The normalized spacial score (nSPS) is 14.2. The Morgan fingerprint density at radius 3 is 2.53 bits per heavy atom. The molecule has 30 heavy (non-hydrogen) atoms. The molecule has 2 heterocycles. The second-order valence-corrected chi connectivity index (χ2v) is 7.20. The van der Waals surface area contributed by atoms with Crippen molar-refractivity contribution in [3.05, 3.63) is 48.2 Å². The number of piperazine rings is 1. The van der Waals surface area contributed by atoms with Crippen molar-refractivity contribution >= 4 is 41.4 Å². The number of hydrogen-bond donors (Lipinski definition) is 1. The predicted molar refractivity (Wildman–Crippen MR) is 136 cm³/mol. The number of ether oxygens (including phenoxy) is 1. The predicted octanol–water partition coefficient (Wildman–Crippen LogP) is 3.06. The molecule has 1 N–H and O–H groups in total. The van der Waals surface area contributed by atoms with Crippen molar-refractivity contribution in [2.24, 2.45) is 4.99 Å². The largest absolute Gasteiger partial charge is 0.495 e. The van der Waals surface area contributed by atoms with E-state index in [0.717, 1.165) is 61.5 Å². The average molecular weight is 524 g/mol. The molecule has 1 aromatic carbocycles. The fraction of sp³-hybridized carbons (Fsp3) is 0.455. The molecule has 0 aliphatic carbocycles.